The summed E-state index contributed by atoms with van der Waals surface area (Å²) < 4.78 is 1.41. The van der Waals surface area contributed by atoms with E-state index in [1.165, 1.54) is 22.2 Å². The van der Waals surface area contributed by atoms with Crippen molar-refractivity contribution in [3.8, 4) is 0 Å². The molecule has 1 atom stereocenters. The average Bonchev–Trinajstić information content (AvgIpc) is 3.28. The lowest BCUT2D eigenvalue weighted by Crippen LogP contribution is -2.21. The molecule has 2 aromatic heterocycles. The number of carbonyl (C=O) groups is 2. The van der Waals surface area contributed by atoms with E-state index >= 15 is 0 Å². The summed E-state index contributed by atoms with van der Waals surface area (Å²) in [5.41, 5.74) is 2.14. The lowest BCUT2D eigenvalue weighted by Gasteiger charge is -2.21. The molecule has 0 fully saturated rings. The van der Waals surface area contributed by atoms with Crippen molar-refractivity contribution < 1.29 is 9.59 Å². The van der Waals surface area contributed by atoms with Crippen LogP contribution in [-0.2, 0) is 19.9 Å². The van der Waals surface area contributed by atoms with Gasteiger partial charge in [-0.2, -0.15) is 5.10 Å². The highest BCUT2D eigenvalue weighted by Gasteiger charge is 2.30. The number of aromatic nitrogens is 2. The van der Waals surface area contributed by atoms with Gasteiger partial charge < -0.3 is 10.6 Å². The number of benzene rings is 1. The molecule has 168 valence electrons. The molecule has 2 N–H and O–H groups in total. The largest absolute Gasteiger partial charge is 0.321 e. The van der Waals surface area contributed by atoms with Crippen LogP contribution in [0.1, 0.15) is 51.1 Å². The number of hydrogen-bond acceptors (Lipinski definition) is 4. The number of halogens is 3. The Hall–Kier alpha value is -2.06. The second-order valence-electron chi connectivity index (χ2n) is 7.72. The molecule has 0 radical (unpaired) electrons. The van der Waals surface area contributed by atoms with Crippen molar-refractivity contribution in [2.75, 3.05) is 10.6 Å². The predicted molar refractivity (Wildman–Crippen MR) is 131 cm³/mol. The Morgan fingerprint density at radius 1 is 1.19 bits per heavy atom. The SMILES string of the molecule is CC[C@H]1CCc2c(sc(NC(=O)c3c(Cl)cnn3C)c2C(=O)Nc2ccc(Cl)cc2Cl)C1. The van der Waals surface area contributed by atoms with E-state index in [0.29, 0.717) is 32.2 Å². The summed E-state index contributed by atoms with van der Waals surface area (Å²) in [5.74, 6) is -0.176. The maximum absolute atomic E-state index is 13.4. The molecule has 3 aromatic rings. The Morgan fingerprint density at radius 3 is 2.62 bits per heavy atom. The van der Waals surface area contributed by atoms with Crippen LogP contribution in [0.2, 0.25) is 15.1 Å². The lowest BCUT2D eigenvalue weighted by atomic mass is 9.85. The molecule has 1 aromatic carbocycles. The van der Waals surface area contributed by atoms with E-state index in [0.717, 1.165) is 36.1 Å². The van der Waals surface area contributed by atoms with Crippen LogP contribution in [0.4, 0.5) is 10.7 Å². The molecule has 32 heavy (non-hydrogen) atoms. The summed E-state index contributed by atoms with van der Waals surface area (Å²) >= 11 is 19.8. The second-order valence-corrected chi connectivity index (χ2v) is 10.1. The molecule has 2 amide bonds. The van der Waals surface area contributed by atoms with Crippen molar-refractivity contribution in [1.82, 2.24) is 9.78 Å². The molecule has 2 heterocycles. The van der Waals surface area contributed by atoms with Gasteiger partial charge in [0.25, 0.3) is 11.8 Å². The highest BCUT2D eigenvalue weighted by molar-refractivity contribution is 7.17. The monoisotopic (exact) mass is 510 g/mol. The third kappa shape index (κ3) is 4.53. The van der Waals surface area contributed by atoms with Crippen molar-refractivity contribution in [2.45, 2.75) is 32.6 Å². The summed E-state index contributed by atoms with van der Waals surface area (Å²) in [6.07, 6.45) is 5.16. The molecule has 10 heteroatoms. The molecule has 0 saturated carbocycles. The van der Waals surface area contributed by atoms with E-state index in [-0.39, 0.29) is 16.6 Å². The van der Waals surface area contributed by atoms with Crippen molar-refractivity contribution in [2.24, 2.45) is 13.0 Å². The number of amides is 2. The molecule has 1 aliphatic rings. The molecular formula is C22H21Cl3N4O2S. The third-order valence-corrected chi connectivity index (χ3v) is 7.68. The summed E-state index contributed by atoms with van der Waals surface area (Å²) in [7, 11) is 1.64. The number of thiophene rings is 1. The van der Waals surface area contributed by atoms with Gasteiger partial charge in [0.15, 0.2) is 0 Å². The fourth-order valence-electron chi connectivity index (χ4n) is 3.94. The maximum Gasteiger partial charge on any atom is 0.276 e. The minimum Gasteiger partial charge on any atom is -0.321 e. The summed E-state index contributed by atoms with van der Waals surface area (Å²) in [4.78, 5) is 27.5. The van der Waals surface area contributed by atoms with Gasteiger partial charge in [-0.25, -0.2) is 0 Å². The maximum atomic E-state index is 13.4. The summed E-state index contributed by atoms with van der Waals surface area (Å²) in [5, 5.41) is 11.3. The van der Waals surface area contributed by atoms with Gasteiger partial charge in [0.1, 0.15) is 10.7 Å². The van der Waals surface area contributed by atoms with Crippen molar-refractivity contribution >= 4 is 68.6 Å². The number of carbonyl (C=O) groups excluding carboxylic acids is 2. The number of nitrogens with zero attached hydrogens (tertiary/aromatic N) is 2. The molecule has 1 aliphatic carbocycles. The molecule has 6 nitrogen and oxygen atoms in total. The van der Waals surface area contributed by atoms with Crippen LogP contribution in [0, 0.1) is 5.92 Å². The first-order valence-electron chi connectivity index (χ1n) is 10.2. The Kier molecular flexibility index (Phi) is 6.81. The Balaban J connectivity index is 1.70. The smallest absolute Gasteiger partial charge is 0.276 e. The molecule has 0 unspecified atom stereocenters. The normalized spacial score (nSPS) is 15.3. The molecule has 0 saturated heterocycles. The van der Waals surface area contributed by atoms with Crippen molar-refractivity contribution in [3.05, 3.63) is 61.2 Å². The minimum absolute atomic E-state index is 0.233. The Labute approximate surface area is 204 Å². The van der Waals surface area contributed by atoms with Crippen LogP contribution < -0.4 is 10.6 Å². The number of nitrogens with one attached hydrogen (secondary N) is 2. The van der Waals surface area contributed by atoms with Crippen LogP contribution in [0.15, 0.2) is 24.4 Å². The van der Waals surface area contributed by atoms with Crippen LogP contribution in [-0.4, -0.2) is 21.6 Å². The number of anilines is 2. The zero-order valence-electron chi connectivity index (χ0n) is 17.5. The molecule has 0 spiro atoms. The fraction of sp³-hybridized carbons (Fsp3) is 0.318. The van der Waals surface area contributed by atoms with Gasteiger partial charge in [0, 0.05) is 16.9 Å². The van der Waals surface area contributed by atoms with Crippen molar-refractivity contribution in [1.29, 1.82) is 0 Å². The zero-order chi connectivity index (χ0) is 23.0. The fourth-order valence-corrected chi connectivity index (χ4v) is 6.00. The highest BCUT2D eigenvalue weighted by Crippen LogP contribution is 2.41. The third-order valence-electron chi connectivity index (χ3n) is 5.69. The van der Waals surface area contributed by atoms with Crippen LogP contribution in [0.3, 0.4) is 0 Å². The van der Waals surface area contributed by atoms with Gasteiger partial charge in [-0.15, -0.1) is 11.3 Å². The highest BCUT2D eigenvalue weighted by atomic mass is 35.5. The second kappa shape index (κ2) is 9.43. The van der Waals surface area contributed by atoms with Crippen LogP contribution in [0.25, 0.3) is 0 Å². The van der Waals surface area contributed by atoms with Gasteiger partial charge in [-0.1, -0.05) is 48.1 Å². The Bertz CT molecular complexity index is 1180. The van der Waals surface area contributed by atoms with E-state index in [1.807, 2.05) is 0 Å². The molecule has 4 rings (SSSR count). The minimum atomic E-state index is -0.417. The van der Waals surface area contributed by atoms with Crippen LogP contribution in [0.5, 0.6) is 0 Å². The van der Waals surface area contributed by atoms with E-state index in [2.05, 4.69) is 22.7 Å². The number of fused-ring (bicyclic) bond motifs is 1. The molecule has 0 bridgehead atoms. The lowest BCUT2D eigenvalue weighted by molar-refractivity contribution is 0.101. The number of aryl methyl sites for hydroxylation is 1. The van der Waals surface area contributed by atoms with E-state index < -0.39 is 5.91 Å². The van der Waals surface area contributed by atoms with Crippen LogP contribution >= 0.6 is 46.1 Å². The number of hydrogen-bond donors (Lipinski definition) is 2. The van der Waals surface area contributed by atoms with Gasteiger partial charge in [0.05, 0.1) is 27.5 Å². The summed E-state index contributed by atoms with van der Waals surface area (Å²) in [6, 6.07) is 4.88. The van der Waals surface area contributed by atoms with Gasteiger partial charge in [0.2, 0.25) is 0 Å². The van der Waals surface area contributed by atoms with E-state index in [1.54, 1.807) is 25.2 Å². The number of rotatable bonds is 5. The van der Waals surface area contributed by atoms with Gasteiger partial charge >= 0.3 is 0 Å². The zero-order valence-corrected chi connectivity index (χ0v) is 20.6. The predicted octanol–water partition coefficient (Wildman–Crippen LogP) is 6.46. The van der Waals surface area contributed by atoms with E-state index in [9.17, 15) is 9.59 Å². The first-order valence-corrected chi connectivity index (χ1v) is 12.1. The van der Waals surface area contributed by atoms with Gasteiger partial charge in [-0.3, -0.25) is 14.3 Å². The molecule has 0 aliphatic heterocycles. The van der Waals surface area contributed by atoms with Crippen molar-refractivity contribution in [3.63, 3.8) is 0 Å². The standard InChI is InChI=1S/C22H21Cl3N4O2S/c1-3-11-4-6-13-17(8-11)32-22(28-21(31)19-15(25)10-26-29(19)2)18(13)20(30)27-16-7-5-12(23)9-14(16)24/h5,7,9-11H,3-4,6,8H2,1-2H3,(H,27,30)(H,28,31)/t11-/m0/s1. The average molecular weight is 512 g/mol. The first kappa shape index (κ1) is 23.1. The van der Waals surface area contributed by atoms with Gasteiger partial charge in [-0.05, 0) is 48.9 Å². The van der Waals surface area contributed by atoms with E-state index in [4.69, 9.17) is 34.8 Å². The molecular weight excluding hydrogens is 491 g/mol. The topological polar surface area (TPSA) is 76.0 Å². The Morgan fingerprint density at radius 2 is 1.97 bits per heavy atom. The summed E-state index contributed by atoms with van der Waals surface area (Å²) in [6.45, 7) is 2.17. The quantitative estimate of drug-likeness (QED) is 0.413. The first-order chi connectivity index (χ1) is 15.3.